The molecule has 0 saturated carbocycles. The second kappa shape index (κ2) is 10.7. The Bertz CT molecular complexity index is 1210. The molecule has 9 nitrogen and oxygen atoms in total. The van der Waals surface area contributed by atoms with Crippen molar-refractivity contribution in [2.45, 2.75) is 57.7 Å². The molecule has 1 heterocycles. The van der Waals surface area contributed by atoms with E-state index in [0.29, 0.717) is 24.1 Å². The van der Waals surface area contributed by atoms with Crippen LogP contribution in [-0.4, -0.2) is 59.0 Å². The maximum atomic E-state index is 13.8. The Morgan fingerprint density at radius 2 is 1.58 bits per heavy atom. The van der Waals surface area contributed by atoms with E-state index in [0.717, 1.165) is 11.1 Å². The largest absolute Gasteiger partial charge is 0.389 e. The van der Waals surface area contributed by atoms with Gasteiger partial charge in [-0.15, -0.1) is 0 Å². The zero-order chi connectivity index (χ0) is 27.7. The number of ketones is 1. The number of rotatable bonds is 9. The van der Waals surface area contributed by atoms with Crippen LogP contribution in [0, 0.1) is 11.3 Å². The van der Waals surface area contributed by atoms with Crippen LogP contribution in [0.1, 0.15) is 51.2 Å². The Morgan fingerprint density at radius 1 is 1.00 bits per heavy atom. The number of amides is 3. The third-order valence-corrected chi connectivity index (χ3v) is 7.23. The molecule has 0 radical (unpaired) electrons. The molecule has 2 aliphatic rings. The molecule has 1 saturated heterocycles. The standard InChI is InChI=1S/C29H35N3O6/c1-28(2,3)15-23(26(36)31-22(24(34)16-33)14-17-12-13-30-25(17)35)32-27(37)29(38)20-10-6-4-8-18(20)19-9-5-7-11-21(19)29/h4-11,17,22-23,33,38H,12-16H2,1-3H3,(H,30,35)(H,31,36)(H,32,37)/t17-,22-,23-/m0/s1. The highest BCUT2D eigenvalue weighted by atomic mass is 16.3. The second-order valence-corrected chi connectivity index (χ2v) is 11.3. The van der Waals surface area contributed by atoms with Gasteiger partial charge in [-0.25, -0.2) is 0 Å². The highest BCUT2D eigenvalue weighted by Crippen LogP contribution is 2.47. The van der Waals surface area contributed by atoms with Gasteiger partial charge in [0.25, 0.3) is 5.91 Å². The van der Waals surface area contributed by atoms with Crippen LogP contribution in [0.25, 0.3) is 11.1 Å². The van der Waals surface area contributed by atoms with E-state index >= 15 is 0 Å². The number of carbonyl (C=O) groups excluding carboxylic acids is 4. The molecule has 2 aromatic rings. The first-order valence-corrected chi connectivity index (χ1v) is 12.9. The first-order chi connectivity index (χ1) is 18.0. The average molecular weight is 522 g/mol. The Kier molecular flexibility index (Phi) is 7.71. The SMILES string of the molecule is CC(C)(C)C[C@H](NC(=O)C1(O)c2ccccc2-c2ccccc21)C(=O)N[C@@H](C[C@@H]1CCNC1=O)C(=O)CO. The Balaban J connectivity index is 1.61. The van der Waals surface area contributed by atoms with Crippen LogP contribution in [0.3, 0.4) is 0 Å². The minimum atomic E-state index is -2.01. The molecule has 9 heteroatoms. The summed E-state index contributed by atoms with van der Waals surface area (Å²) in [7, 11) is 0. The van der Waals surface area contributed by atoms with Crippen LogP contribution in [0.2, 0.25) is 0 Å². The lowest BCUT2D eigenvalue weighted by atomic mass is 9.86. The molecule has 2 aromatic carbocycles. The van der Waals surface area contributed by atoms with E-state index in [9.17, 15) is 29.4 Å². The number of hydrogen-bond acceptors (Lipinski definition) is 6. The van der Waals surface area contributed by atoms with Crippen LogP contribution in [0.4, 0.5) is 0 Å². The summed E-state index contributed by atoms with van der Waals surface area (Å²) in [6.45, 7) is 5.43. The van der Waals surface area contributed by atoms with Gasteiger partial charge >= 0.3 is 0 Å². The molecular formula is C29H35N3O6. The summed E-state index contributed by atoms with van der Waals surface area (Å²) in [5.41, 5.74) is -0.0812. The van der Waals surface area contributed by atoms with Gasteiger partial charge < -0.3 is 26.2 Å². The normalized spacial score (nSPS) is 19.1. The van der Waals surface area contributed by atoms with E-state index in [-0.39, 0.29) is 18.7 Å². The molecule has 5 N–H and O–H groups in total. The van der Waals surface area contributed by atoms with Crippen molar-refractivity contribution in [3.05, 3.63) is 59.7 Å². The van der Waals surface area contributed by atoms with E-state index in [1.165, 1.54) is 0 Å². The number of benzene rings is 2. The monoisotopic (exact) mass is 521 g/mol. The van der Waals surface area contributed by atoms with Crippen molar-refractivity contribution in [1.82, 2.24) is 16.0 Å². The lowest BCUT2D eigenvalue weighted by molar-refractivity contribution is -0.140. The summed E-state index contributed by atoms with van der Waals surface area (Å²) in [4.78, 5) is 51.9. The van der Waals surface area contributed by atoms with E-state index < -0.39 is 53.2 Å². The fourth-order valence-electron chi connectivity index (χ4n) is 5.35. The summed E-state index contributed by atoms with van der Waals surface area (Å²) >= 11 is 0. The number of aliphatic hydroxyl groups excluding tert-OH is 1. The van der Waals surface area contributed by atoms with Gasteiger partial charge in [0.15, 0.2) is 11.4 Å². The predicted molar refractivity (Wildman–Crippen MR) is 141 cm³/mol. The first-order valence-electron chi connectivity index (χ1n) is 12.9. The quantitative estimate of drug-likeness (QED) is 0.337. The van der Waals surface area contributed by atoms with Crippen molar-refractivity contribution in [3.8, 4) is 11.1 Å². The van der Waals surface area contributed by atoms with Crippen molar-refractivity contribution in [2.24, 2.45) is 11.3 Å². The summed E-state index contributed by atoms with van der Waals surface area (Å²) in [6, 6.07) is 12.0. The van der Waals surface area contributed by atoms with E-state index in [4.69, 9.17) is 0 Å². The Morgan fingerprint density at radius 3 is 2.08 bits per heavy atom. The highest BCUT2D eigenvalue weighted by Gasteiger charge is 2.49. The third kappa shape index (κ3) is 5.35. The minimum absolute atomic E-state index is 0.0534. The van der Waals surface area contributed by atoms with Crippen molar-refractivity contribution in [2.75, 3.05) is 13.2 Å². The molecule has 1 aliphatic carbocycles. The van der Waals surface area contributed by atoms with Crippen molar-refractivity contribution >= 4 is 23.5 Å². The van der Waals surface area contributed by atoms with Crippen LogP contribution in [0.15, 0.2) is 48.5 Å². The molecule has 0 unspecified atom stereocenters. The molecule has 1 aliphatic heterocycles. The van der Waals surface area contributed by atoms with Gasteiger partial charge in [0, 0.05) is 23.6 Å². The zero-order valence-corrected chi connectivity index (χ0v) is 21.9. The second-order valence-electron chi connectivity index (χ2n) is 11.3. The highest BCUT2D eigenvalue weighted by molar-refractivity contribution is 6.01. The van der Waals surface area contributed by atoms with Gasteiger partial charge in [-0.1, -0.05) is 69.3 Å². The number of fused-ring (bicyclic) bond motifs is 3. The number of carbonyl (C=O) groups is 4. The number of aliphatic hydroxyl groups is 2. The number of Topliss-reactive ketones (excluding diaryl/α,β-unsaturated/α-hetero) is 1. The first kappa shape index (κ1) is 27.5. The predicted octanol–water partition coefficient (Wildman–Crippen LogP) is 1.40. The third-order valence-electron chi connectivity index (χ3n) is 7.23. The number of hydrogen-bond donors (Lipinski definition) is 5. The summed E-state index contributed by atoms with van der Waals surface area (Å²) in [5.74, 6) is -2.65. The lowest BCUT2D eigenvalue weighted by Gasteiger charge is -2.31. The van der Waals surface area contributed by atoms with Gasteiger partial charge in [-0.3, -0.25) is 19.2 Å². The molecular weight excluding hydrogens is 486 g/mol. The van der Waals surface area contributed by atoms with Crippen LogP contribution in [-0.2, 0) is 24.8 Å². The van der Waals surface area contributed by atoms with Gasteiger partial charge in [-0.05, 0) is 35.8 Å². The van der Waals surface area contributed by atoms with Crippen molar-refractivity contribution in [1.29, 1.82) is 0 Å². The van der Waals surface area contributed by atoms with Gasteiger partial charge in [-0.2, -0.15) is 0 Å². The zero-order valence-electron chi connectivity index (χ0n) is 21.9. The Hall–Kier alpha value is -3.56. The van der Waals surface area contributed by atoms with Crippen molar-refractivity contribution < 1.29 is 29.4 Å². The lowest BCUT2D eigenvalue weighted by Crippen LogP contribution is -2.56. The summed E-state index contributed by atoms with van der Waals surface area (Å²) < 4.78 is 0. The maximum absolute atomic E-state index is 13.8. The average Bonchev–Trinajstić information content (AvgIpc) is 3.41. The van der Waals surface area contributed by atoms with Gasteiger partial charge in [0.1, 0.15) is 12.6 Å². The van der Waals surface area contributed by atoms with Crippen LogP contribution < -0.4 is 16.0 Å². The molecule has 0 bridgehead atoms. The molecule has 4 rings (SSSR count). The van der Waals surface area contributed by atoms with E-state index in [2.05, 4.69) is 16.0 Å². The summed E-state index contributed by atoms with van der Waals surface area (Å²) in [6.07, 6.45) is 0.795. The number of nitrogens with one attached hydrogen (secondary N) is 3. The van der Waals surface area contributed by atoms with Gasteiger partial charge in [0.05, 0.1) is 6.04 Å². The maximum Gasteiger partial charge on any atom is 0.262 e. The van der Waals surface area contributed by atoms with Crippen molar-refractivity contribution in [3.63, 3.8) is 0 Å². The van der Waals surface area contributed by atoms with Gasteiger partial charge in [0.2, 0.25) is 11.8 Å². The molecule has 1 fully saturated rings. The van der Waals surface area contributed by atoms with E-state index in [1.807, 2.05) is 45.0 Å². The van der Waals surface area contributed by atoms with Crippen LogP contribution in [0.5, 0.6) is 0 Å². The van der Waals surface area contributed by atoms with E-state index in [1.54, 1.807) is 24.3 Å². The minimum Gasteiger partial charge on any atom is -0.389 e. The fraction of sp³-hybridized carbons (Fsp3) is 0.448. The molecule has 0 aromatic heterocycles. The fourth-order valence-corrected chi connectivity index (χ4v) is 5.35. The molecule has 202 valence electrons. The summed E-state index contributed by atoms with van der Waals surface area (Å²) in [5, 5.41) is 29.4. The molecule has 3 atom stereocenters. The molecule has 3 amide bonds. The molecule has 0 spiro atoms. The topological polar surface area (TPSA) is 145 Å². The molecule has 38 heavy (non-hydrogen) atoms. The smallest absolute Gasteiger partial charge is 0.262 e. The Labute approximate surface area is 222 Å². The van der Waals surface area contributed by atoms with Crippen LogP contribution >= 0.6 is 0 Å².